The lowest BCUT2D eigenvalue weighted by Crippen LogP contribution is -2.30. The van der Waals surface area contributed by atoms with Crippen molar-refractivity contribution in [3.05, 3.63) is 33.9 Å². The summed E-state index contributed by atoms with van der Waals surface area (Å²) in [5.74, 6) is -0.170. The molecule has 2 atom stereocenters. The standard InChI is InChI=1S/C19H24FN3O2/c1-10-18-14(16(24)8-17(25)23(18)13-3-4-13)7-15(20)19(10)22-6-5-12(9-22)11(2)21/h7-8,11-13,24H,3-6,9,21H2,1-2H3/t11-,12+/m0/s1. The summed E-state index contributed by atoms with van der Waals surface area (Å²) < 4.78 is 16.6. The lowest BCUT2D eigenvalue weighted by atomic mass is 10.0. The predicted molar refractivity (Wildman–Crippen MR) is 96.8 cm³/mol. The van der Waals surface area contributed by atoms with Crippen LogP contribution in [0, 0.1) is 18.7 Å². The Bertz CT molecular complexity index is 902. The van der Waals surface area contributed by atoms with Crippen molar-refractivity contribution in [3.63, 3.8) is 0 Å². The molecule has 1 aromatic heterocycles. The van der Waals surface area contributed by atoms with Crippen molar-refractivity contribution in [1.29, 1.82) is 0 Å². The second kappa shape index (κ2) is 5.73. The average Bonchev–Trinajstić information content (AvgIpc) is 3.25. The first-order chi connectivity index (χ1) is 11.9. The lowest BCUT2D eigenvalue weighted by molar-refractivity contribution is 0.478. The fourth-order valence-corrected chi connectivity index (χ4v) is 4.14. The van der Waals surface area contributed by atoms with E-state index in [4.69, 9.17) is 5.73 Å². The van der Waals surface area contributed by atoms with Crippen molar-refractivity contribution in [1.82, 2.24) is 4.57 Å². The van der Waals surface area contributed by atoms with E-state index in [0.717, 1.165) is 31.4 Å². The first-order valence-electron chi connectivity index (χ1n) is 8.96. The molecular weight excluding hydrogens is 321 g/mol. The van der Waals surface area contributed by atoms with Crippen molar-refractivity contribution in [2.75, 3.05) is 18.0 Å². The van der Waals surface area contributed by atoms with Crippen molar-refractivity contribution in [3.8, 4) is 5.75 Å². The van der Waals surface area contributed by atoms with Crippen LogP contribution >= 0.6 is 0 Å². The number of hydrogen-bond donors (Lipinski definition) is 2. The monoisotopic (exact) mass is 345 g/mol. The zero-order chi connectivity index (χ0) is 17.9. The molecule has 1 saturated carbocycles. The zero-order valence-electron chi connectivity index (χ0n) is 14.6. The van der Waals surface area contributed by atoms with E-state index in [1.807, 2.05) is 18.7 Å². The van der Waals surface area contributed by atoms with Gasteiger partial charge in [-0.2, -0.15) is 0 Å². The molecule has 25 heavy (non-hydrogen) atoms. The molecule has 4 rings (SSSR count). The van der Waals surface area contributed by atoms with Crippen LogP contribution in [0.25, 0.3) is 10.9 Å². The Kier molecular flexibility index (Phi) is 3.76. The lowest BCUT2D eigenvalue weighted by Gasteiger charge is -2.25. The van der Waals surface area contributed by atoms with E-state index in [0.29, 0.717) is 29.1 Å². The van der Waals surface area contributed by atoms with Gasteiger partial charge in [-0.15, -0.1) is 0 Å². The first kappa shape index (κ1) is 16.4. The second-order valence-corrected chi connectivity index (χ2v) is 7.55. The maximum atomic E-state index is 14.9. The minimum absolute atomic E-state index is 0.0718. The molecule has 0 spiro atoms. The molecule has 3 N–H and O–H groups in total. The summed E-state index contributed by atoms with van der Waals surface area (Å²) >= 11 is 0. The molecule has 1 aliphatic carbocycles. The highest BCUT2D eigenvalue weighted by Crippen LogP contribution is 2.41. The fourth-order valence-electron chi connectivity index (χ4n) is 4.14. The van der Waals surface area contributed by atoms with E-state index in [1.54, 1.807) is 4.57 Å². The summed E-state index contributed by atoms with van der Waals surface area (Å²) in [6, 6.07) is 2.79. The molecule has 134 valence electrons. The van der Waals surface area contributed by atoms with E-state index in [-0.39, 0.29) is 29.2 Å². The molecule has 2 heterocycles. The third-order valence-electron chi connectivity index (χ3n) is 5.67. The number of benzene rings is 1. The van der Waals surface area contributed by atoms with Crippen LogP contribution in [0.2, 0.25) is 0 Å². The van der Waals surface area contributed by atoms with Gasteiger partial charge in [-0.25, -0.2) is 4.39 Å². The van der Waals surface area contributed by atoms with Crippen LogP contribution in [-0.4, -0.2) is 28.8 Å². The van der Waals surface area contributed by atoms with E-state index in [9.17, 15) is 14.3 Å². The maximum absolute atomic E-state index is 14.9. The Hall–Kier alpha value is -2.08. The normalized spacial score (nSPS) is 21.9. The van der Waals surface area contributed by atoms with Gasteiger partial charge in [-0.05, 0) is 50.7 Å². The molecule has 1 saturated heterocycles. The summed E-state index contributed by atoms with van der Waals surface area (Å²) in [5.41, 5.74) is 7.72. The minimum atomic E-state index is -0.355. The van der Waals surface area contributed by atoms with Gasteiger partial charge in [0.05, 0.1) is 11.2 Å². The van der Waals surface area contributed by atoms with Crippen molar-refractivity contribution in [2.45, 2.75) is 45.2 Å². The minimum Gasteiger partial charge on any atom is -0.507 e. The number of hydrogen-bond acceptors (Lipinski definition) is 4. The Balaban J connectivity index is 1.92. The largest absolute Gasteiger partial charge is 0.507 e. The summed E-state index contributed by atoms with van der Waals surface area (Å²) in [7, 11) is 0. The molecule has 5 nitrogen and oxygen atoms in total. The van der Waals surface area contributed by atoms with Crippen molar-refractivity contribution in [2.24, 2.45) is 11.7 Å². The van der Waals surface area contributed by atoms with Crippen molar-refractivity contribution < 1.29 is 9.50 Å². The Morgan fingerprint density at radius 2 is 2.04 bits per heavy atom. The van der Waals surface area contributed by atoms with E-state index in [2.05, 4.69) is 0 Å². The van der Waals surface area contributed by atoms with Gasteiger partial charge in [-0.3, -0.25) is 4.79 Å². The number of rotatable bonds is 3. The number of nitrogens with zero attached hydrogens (tertiary/aromatic N) is 2. The quantitative estimate of drug-likeness (QED) is 0.897. The number of pyridine rings is 1. The van der Waals surface area contributed by atoms with E-state index < -0.39 is 0 Å². The topological polar surface area (TPSA) is 71.5 Å². The highest BCUT2D eigenvalue weighted by molar-refractivity contribution is 5.92. The summed E-state index contributed by atoms with van der Waals surface area (Å²) in [6.07, 6.45) is 2.83. The van der Waals surface area contributed by atoms with Gasteiger partial charge < -0.3 is 20.3 Å². The average molecular weight is 345 g/mol. The molecule has 1 aliphatic heterocycles. The maximum Gasteiger partial charge on any atom is 0.255 e. The first-order valence-corrected chi connectivity index (χ1v) is 8.96. The Morgan fingerprint density at radius 3 is 2.64 bits per heavy atom. The Morgan fingerprint density at radius 1 is 1.32 bits per heavy atom. The number of nitrogens with two attached hydrogens (primary N) is 1. The van der Waals surface area contributed by atoms with E-state index in [1.165, 1.54) is 12.1 Å². The van der Waals surface area contributed by atoms with Crippen LogP contribution in [0.15, 0.2) is 16.9 Å². The van der Waals surface area contributed by atoms with Gasteiger partial charge in [0, 0.05) is 36.6 Å². The number of halogens is 1. The number of anilines is 1. The molecule has 2 aliphatic rings. The Labute approximate surface area is 145 Å². The fraction of sp³-hybridized carbons (Fsp3) is 0.526. The second-order valence-electron chi connectivity index (χ2n) is 7.55. The summed E-state index contributed by atoms with van der Waals surface area (Å²) in [4.78, 5) is 14.5. The van der Waals surface area contributed by atoms with Crippen LogP contribution in [0.1, 0.15) is 37.8 Å². The molecular formula is C19H24FN3O2. The van der Waals surface area contributed by atoms with Crippen molar-refractivity contribution >= 4 is 16.6 Å². The zero-order valence-corrected chi connectivity index (χ0v) is 14.6. The molecule has 6 heteroatoms. The van der Waals surface area contributed by atoms with Crippen LogP contribution in [0.3, 0.4) is 0 Å². The molecule has 0 amide bonds. The highest BCUT2D eigenvalue weighted by atomic mass is 19.1. The molecule has 0 radical (unpaired) electrons. The molecule has 2 fully saturated rings. The van der Waals surface area contributed by atoms with Crippen LogP contribution in [0.5, 0.6) is 5.75 Å². The molecule has 0 unspecified atom stereocenters. The van der Waals surface area contributed by atoms with Crippen LogP contribution in [0.4, 0.5) is 10.1 Å². The van der Waals surface area contributed by atoms with Gasteiger partial charge in [0.15, 0.2) is 0 Å². The van der Waals surface area contributed by atoms with Gasteiger partial charge in [0.1, 0.15) is 11.6 Å². The molecule has 1 aromatic carbocycles. The van der Waals surface area contributed by atoms with Gasteiger partial charge in [0.2, 0.25) is 0 Å². The third-order valence-corrected chi connectivity index (χ3v) is 5.67. The third kappa shape index (κ3) is 2.59. The number of aryl methyl sites for hydroxylation is 1. The van der Waals surface area contributed by atoms with Gasteiger partial charge in [-0.1, -0.05) is 0 Å². The van der Waals surface area contributed by atoms with E-state index >= 15 is 0 Å². The summed E-state index contributed by atoms with van der Waals surface area (Å²) in [5, 5.41) is 10.6. The van der Waals surface area contributed by atoms with Crippen LogP contribution < -0.4 is 16.2 Å². The number of aromatic nitrogens is 1. The smallest absolute Gasteiger partial charge is 0.255 e. The van der Waals surface area contributed by atoms with Gasteiger partial charge >= 0.3 is 0 Å². The molecule has 0 bridgehead atoms. The SMILES string of the molecule is Cc1c(N2CC[C@@H]([C@H](C)N)C2)c(F)cc2c(O)cc(=O)n(C3CC3)c12. The van der Waals surface area contributed by atoms with Gasteiger partial charge in [0.25, 0.3) is 5.56 Å². The number of fused-ring (bicyclic) bond motifs is 1. The predicted octanol–water partition coefficient (Wildman–Crippen LogP) is 2.66. The number of aromatic hydroxyl groups is 1. The summed E-state index contributed by atoms with van der Waals surface area (Å²) in [6.45, 7) is 5.30. The van der Waals surface area contributed by atoms with Crippen LogP contribution in [-0.2, 0) is 0 Å². The highest BCUT2D eigenvalue weighted by Gasteiger charge is 2.32. The molecule has 2 aromatic rings.